The zero-order chi connectivity index (χ0) is 15.2. The summed E-state index contributed by atoms with van der Waals surface area (Å²) in [6, 6.07) is -2.07. The van der Waals surface area contributed by atoms with E-state index >= 15 is 0 Å². The fraction of sp³-hybridized carbons (Fsp3) is 0.750. The van der Waals surface area contributed by atoms with E-state index in [0.29, 0.717) is 6.42 Å². The Bertz CT molecular complexity index is 346. The standard InChI is InChI=1S/C12H23N3O4/c1-5-6(2)9(15-12(13)19)10(16)14-8(4)7(3)11(17)18/h6-9H,5H2,1-4H3,(H,14,16)(H,17,18)(H3,13,15,19). The molecule has 4 atom stereocenters. The largest absolute Gasteiger partial charge is 0.481 e. The van der Waals surface area contributed by atoms with Crippen LogP contribution in [0.2, 0.25) is 0 Å². The van der Waals surface area contributed by atoms with Gasteiger partial charge >= 0.3 is 12.0 Å². The number of urea groups is 1. The maximum Gasteiger partial charge on any atom is 0.312 e. The molecule has 3 amide bonds. The molecule has 7 heteroatoms. The van der Waals surface area contributed by atoms with Crippen LogP contribution >= 0.6 is 0 Å². The van der Waals surface area contributed by atoms with E-state index in [2.05, 4.69) is 10.6 Å². The molecule has 5 N–H and O–H groups in total. The van der Waals surface area contributed by atoms with Gasteiger partial charge in [0, 0.05) is 6.04 Å². The minimum Gasteiger partial charge on any atom is -0.481 e. The van der Waals surface area contributed by atoms with Gasteiger partial charge in [0.05, 0.1) is 5.92 Å². The molecule has 0 aromatic carbocycles. The van der Waals surface area contributed by atoms with Gasteiger partial charge in [-0.1, -0.05) is 20.3 Å². The maximum atomic E-state index is 12.0. The quantitative estimate of drug-likeness (QED) is 0.532. The predicted molar refractivity (Wildman–Crippen MR) is 70.4 cm³/mol. The average molecular weight is 273 g/mol. The lowest BCUT2D eigenvalue weighted by Crippen LogP contribution is -2.54. The molecular formula is C12H23N3O4. The van der Waals surface area contributed by atoms with Crippen LogP contribution in [0.3, 0.4) is 0 Å². The Labute approximate surface area is 112 Å². The van der Waals surface area contributed by atoms with Crippen LogP contribution < -0.4 is 16.4 Å². The van der Waals surface area contributed by atoms with Crippen molar-refractivity contribution < 1.29 is 19.5 Å². The van der Waals surface area contributed by atoms with Gasteiger partial charge in [0.25, 0.3) is 0 Å². The van der Waals surface area contributed by atoms with E-state index in [4.69, 9.17) is 10.8 Å². The SMILES string of the molecule is CCC(C)C(NC(N)=O)C(=O)NC(C)C(C)C(=O)O. The normalized spacial score (nSPS) is 16.8. The summed E-state index contributed by atoms with van der Waals surface area (Å²) in [4.78, 5) is 33.8. The summed E-state index contributed by atoms with van der Waals surface area (Å²) in [6.07, 6.45) is 0.682. The van der Waals surface area contributed by atoms with E-state index in [1.54, 1.807) is 6.92 Å². The summed E-state index contributed by atoms with van der Waals surface area (Å²) < 4.78 is 0. The molecule has 0 aromatic rings. The van der Waals surface area contributed by atoms with Crippen molar-refractivity contribution in [2.75, 3.05) is 0 Å². The fourth-order valence-electron chi connectivity index (χ4n) is 1.51. The van der Waals surface area contributed by atoms with E-state index in [9.17, 15) is 14.4 Å². The molecule has 0 saturated heterocycles. The number of primary amides is 1. The van der Waals surface area contributed by atoms with Gasteiger partial charge in [-0.2, -0.15) is 0 Å². The molecule has 4 unspecified atom stereocenters. The van der Waals surface area contributed by atoms with Gasteiger partial charge in [0.1, 0.15) is 6.04 Å². The van der Waals surface area contributed by atoms with Crippen molar-refractivity contribution >= 4 is 17.9 Å². The number of nitrogens with two attached hydrogens (primary N) is 1. The van der Waals surface area contributed by atoms with E-state index in [1.807, 2.05) is 13.8 Å². The van der Waals surface area contributed by atoms with Crippen LogP contribution in [0.25, 0.3) is 0 Å². The zero-order valence-electron chi connectivity index (χ0n) is 11.8. The molecule has 0 aromatic heterocycles. The number of carbonyl (C=O) groups excluding carboxylic acids is 2. The number of nitrogens with one attached hydrogen (secondary N) is 2. The lowest BCUT2D eigenvalue weighted by molar-refractivity contribution is -0.142. The zero-order valence-corrected chi connectivity index (χ0v) is 11.8. The van der Waals surface area contributed by atoms with Crippen LogP contribution in [0.4, 0.5) is 4.79 Å². The summed E-state index contributed by atoms with van der Waals surface area (Å²) in [5, 5.41) is 13.8. The topological polar surface area (TPSA) is 122 Å². The van der Waals surface area contributed by atoms with Crippen LogP contribution in [-0.4, -0.2) is 35.1 Å². The van der Waals surface area contributed by atoms with Gasteiger partial charge in [-0.3, -0.25) is 9.59 Å². The van der Waals surface area contributed by atoms with Gasteiger partial charge in [-0.15, -0.1) is 0 Å². The van der Waals surface area contributed by atoms with Crippen LogP contribution in [0.5, 0.6) is 0 Å². The van der Waals surface area contributed by atoms with Crippen molar-refractivity contribution in [2.24, 2.45) is 17.6 Å². The van der Waals surface area contributed by atoms with Crippen molar-refractivity contribution in [2.45, 2.75) is 46.2 Å². The Hall–Kier alpha value is -1.79. The third-order valence-electron chi connectivity index (χ3n) is 3.30. The molecule has 0 spiro atoms. The highest BCUT2D eigenvalue weighted by Gasteiger charge is 2.28. The molecule has 0 saturated carbocycles. The molecular weight excluding hydrogens is 250 g/mol. The molecule has 0 bridgehead atoms. The summed E-state index contributed by atoms with van der Waals surface area (Å²) in [6.45, 7) is 6.81. The molecule has 0 aliphatic carbocycles. The second-order valence-corrected chi connectivity index (χ2v) is 4.80. The minimum atomic E-state index is -0.990. The number of rotatable bonds is 7. The number of hydrogen-bond donors (Lipinski definition) is 4. The minimum absolute atomic E-state index is 0.0974. The molecule has 19 heavy (non-hydrogen) atoms. The molecule has 0 rings (SSSR count). The van der Waals surface area contributed by atoms with Crippen molar-refractivity contribution in [1.29, 1.82) is 0 Å². The van der Waals surface area contributed by atoms with Crippen LogP contribution in [-0.2, 0) is 9.59 Å². The van der Waals surface area contributed by atoms with E-state index < -0.39 is 35.9 Å². The van der Waals surface area contributed by atoms with E-state index in [1.165, 1.54) is 6.92 Å². The van der Waals surface area contributed by atoms with Crippen LogP contribution in [0, 0.1) is 11.8 Å². The first kappa shape index (κ1) is 17.2. The highest BCUT2D eigenvalue weighted by atomic mass is 16.4. The second kappa shape index (κ2) is 7.60. The first-order valence-corrected chi connectivity index (χ1v) is 6.29. The smallest absolute Gasteiger partial charge is 0.312 e. The van der Waals surface area contributed by atoms with Gasteiger partial charge in [0.2, 0.25) is 5.91 Å². The number of hydrogen-bond acceptors (Lipinski definition) is 3. The summed E-state index contributed by atoms with van der Waals surface area (Å²) >= 11 is 0. The Morgan fingerprint density at radius 1 is 1.16 bits per heavy atom. The number of amides is 3. The average Bonchev–Trinajstić information content (AvgIpc) is 2.33. The molecule has 110 valence electrons. The number of carboxylic acid groups (broad SMARTS) is 1. The third-order valence-corrected chi connectivity index (χ3v) is 3.30. The lowest BCUT2D eigenvalue weighted by Gasteiger charge is -2.26. The maximum absolute atomic E-state index is 12.0. The molecule has 7 nitrogen and oxygen atoms in total. The van der Waals surface area contributed by atoms with Gasteiger partial charge in [0.15, 0.2) is 0 Å². The number of carboxylic acids is 1. The summed E-state index contributed by atoms with van der Waals surface area (Å²) in [5.74, 6) is -2.22. The van der Waals surface area contributed by atoms with Crippen LogP contribution in [0.15, 0.2) is 0 Å². The third kappa shape index (κ3) is 5.58. The monoisotopic (exact) mass is 273 g/mol. The molecule has 0 fully saturated rings. The molecule has 0 radical (unpaired) electrons. The Kier molecular flexibility index (Phi) is 6.89. The number of aliphatic carboxylic acids is 1. The Morgan fingerprint density at radius 3 is 2.05 bits per heavy atom. The highest BCUT2D eigenvalue weighted by molar-refractivity contribution is 5.87. The lowest BCUT2D eigenvalue weighted by atomic mass is 9.97. The highest BCUT2D eigenvalue weighted by Crippen LogP contribution is 2.09. The molecule has 0 aliphatic rings. The first-order chi connectivity index (χ1) is 8.70. The molecule has 0 aliphatic heterocycles. The summed E-state index contributed by atoms with van der Waals surface area (Å²) in [7, 11) is 0. The van der Waals surface area contributed by atoms with E-state index in [0.717, 1.165) is 0 Å². The van der Waals surface area contributed by atoms with Gasteiger partial charge < -0.3 is 21.5 Å². The first-order valence-electron chi connectivity index (χ1n) is 6.29. The van der Waals surface area contributed by atoms with Crippen molar-refractivity contribution in [3.8, 4) is 0 Å². The van der Waals surface area contributed by atoms with Crippen LogP contribution in [0.1, 0.15) is 34.1 Å². The van der Waals surface area contributed by atoms with Gasteiger partial charge in [-0.05, 0) is 19.8 Å². The van der Waals surface area contributed by atoms with Gasteiger partial charge in [-0.25, -0.2) is 4.79 Å². The predicted octanol–water partition coefficient (Wildman–Crippen LogP) is 0.295. The Morgan fingerprint density at radius 2 is 1.68 bits per heavy atom. The van der Waals surface area contributed by atoms with E-state index in [-0.39, 0.29) is 5.92 Å². The Balaban J connectivity index is 4.72. The molecule has 0 heterocycles. The summed E-state index contributed by atoms with van der Waals surface area (Å²) in [5.41, 5.74) is 5.04. The van der Waals surface area contributed by atoms with Crippen molar-refractivity contribution in [3.05, 3.63) is 0 Å². The van der Waals surface area contributed by atoms with Crippen molar-refractivity contribution in [1.82, 2.24) is 10.6 Å². The number of carbonyl (C=O) groups is 3. The second-order valence-electron chi connectivity index (χ2n) is 4.80. The van der Waals surface area contributed by atoms with Crippen molar-refractivity contribution in [3.63, 3.8) is 0 Å². The fourth-order valence-corrected chi connectivity index (χ4v) is 1.51.